The number of aryl methyl sites for hydroxylation is 1. The molecule has 1 aliphatic heterocycles. The zero-order valence-electron chi connectivity index (χ0n) is 14.9. The monoisotopic (exact) mass is 316 g/mol. The highest BCUT2D eigenvalue weighted by molar-refractivity contribution is 5.76. The molecule has 0 spiro atoms. The minimum atomic E-state index is -0.155. The van der Waals surface area contributed by atoms with E-state index in [2.05, 4.69) is 55.7 Å². The van der Waals surface area contributed by atoms with Crippen LogP contribution in [0.15, 0.2) is 30.3 Å². The van der Waals surface area contributed by atoms with Gasteiger partial charge in [0.25, 0.3) is 0 Å². The maximum Gasteiger partial charge on any atom is 0.220 e. The highest BCUT2D eigenvalue weighted by Crippen LogP contribution is 2.23. The zero-order chi connectivity index (χ0) is 16.7. The first-order chi connectivity index (χ1) is 11.0. The van der Waals surface area contributed by atoms with Crippen molar-refractivity contribution in [3.05, 3.63) is 35.9 Å². The summed E-state index contributed by atoms with van der Waals surface area (Å²) in [5, 5.41) is 6.68. The number of carbonyl (C=O) groups is 1. The lowest BCUT2D eigenvalue weighted by Gasteiger charge is -2.30. The number of rotatable bonds is 7. The van der Waals surface area contributed by atoms with Crippen LogP contribution in [-0.4, -0.2) is 24.5 Å². The third-order valence-corrected chi connectivity index (χ3v) is 5.01. The van der Waals surface area contributed by atoms with E-state index < -0.39 is 0 Å². The van der Waals surface area contributed by atoms with Crippen molar-refractivity contribution in [2.75, 3.05) is 13.1 Å². The standard InChI is InChI=1S/C20H32N2O/c1-16(18-10-7-13-21-15-18)14-19(23)22-20(2,3)12-11-17-8-5-4-6-9-17/h4-6,8-9,16,18,21H,7,10-15H2,1-3H3,(H,22,23). The van der Waals surface area contributed by atoms with Gasteiger partial charge in [0.15, 0.2) is 0 Å². The van der Waals surface area contributed by atoms with Gasteiger partial charge in [-0.15, -0.1) is 0 Å². The predicted octanol–water partition coefficient (Wildman–Crippen LogP) is 3.54. The average molecular weight is 316 g/mol. The highest BCUT2D eigenvalue weighted by Gasteiger charge is 2.25. The molecule has 1 fully saturated rings. The molecular weight excluding hydrogens is 284 g/mol. The summed E-state index contributed by atoms with van der Waals surface area (Å²) in [6.45, 7) is 8.66. The number of hydrogen-bond donors (Lipinski definition) is 2. The molecule has 3 heteroatoms. The fourth-order valence-corrected chi connectivity index (χ4v) is 3.42. The van der Waals surface area contributed by atoms with Crippen molar-refractivity contribution in [3.8, 4) is 0 Å². The maximum atomic E-state index is 12.4. The van der Waals surface area contributed by atoms with Gasteiger partial charge in [-0.1, -0.05) is 37.3 Å². The van der Waals surface area contributed by atoms with Crippen LogP contribution in [0.2, 0.25) is 0 Å². The Morgan fingerprint density at radius 3 is 2.74 bits per heavy atom. The van der Waals surface area contributed by atoms with Crippen LogP contribution in [0.25, 0.3) is 0 Å². The second-order valence-electron chi connectivity index (χ2n) is 7.71. The molecule has 2 N–H and O–H groups in total. The van der Waals surface area contributed by atoms with Gasteiger partial charge in [0.2, 0.25) is 5.91 Å². The SMILES string of the molecule is CC(CC(=O)NC(C)(C)CCc1ccccc1)C1CCCNC1. The van der Waals surface area contributed by atoms with Crippen LogP contribution >= 0.6 is 0 Å². The minimum absolute atomic E-state index is 0.155. The van der Waals surface area contributed by atoms with Gasteiger partial charge >= 0.3 is 0 Å². The van der Waals surface area contributed by atoms with Crippen LogP contribution in [-0.2, 0) is 11.2 Å². The fourth-order valence-electron chi connectivity index (χ4n) is 3.42. The third kappa shape index (κ3) is 6.34. The Bertz CT molecular complexity index is 478. The van der Waals surface area contributed by atoms with Crippen molar-refractivity contribution in [3.63, 3.8) is 0 Å². The molecule has 1 saturated heterocycles. The van der Waals surface area contributed by atoms with E-state index in [4.69, 9.17) is 0 Å². The Kier molecular flexibility index (Phi) is 6.64. The first-order valence-electron chi connectivity index (χ1n) is 9.02. The maximum absolute atomic E-state index is 12.4. The Labute approximate surface area is 141 Å². The molecule has 23 heavy (non-hydrogen) atoms. The summed E-state index contributed by atoms with van der Waals surface area (Å²) >= 11 is 0. The topological polar surface area (TPSA) is 41.1 Å². The van der Waals surface area contributed by atoms with E-state index in [0.29, 0.717) is 18.3 Å². The molecule has 0 aromatic heterocycles. The Balaban J connectivity index is 1.76. The van der Waals surface area contributed by atoms with Crippen LogP contribution in [0.3, 0.4) is 0 Å². The molecule has 1 amide bonds. The molecule has 0 saturated carbocycles. The molecule has 2 atom stereocenters. The molecule has 128 valence electrons. The number of hydrogen-bond acceptors (Lipinski definition) is 2. The second kappa shape index (κ2) is 8.49. The van der Waals surface area contributed by atoms with E-state index in [9.17, 15) is 4.79 Å². The van der Waals surface area contributed by atoms with E-state index in [-0.39, 0.29) is 11.4 Å². The summed E-state index contributed by atoms with van der Waals surface area (Å²) in [7, 11) is 0. The summed E-state index contributed by atoms with van der Waals surface area (Å²) in [5.74, 6) is 1.29. The largest absolute Gasteiger partial charge is 0.351 e. The molecular formula is C20H32N2O. The third-order valence-electron chi connectivity index (χ3n) is 5.01. The van der Waals surface area contributed by atoms with Gasteiger partial charge in [0.05, 0.1) is 0 Å². The normalized spacial score (nSPS) is 20.0. The van der Waals surface area contributed by atoms with Crippen molar-refractivity contribution in [1.29, 1.82) is 0 Å². The number of piperidine rings is 1. The molecule has 0 bridgehead atoms. The summed E-state index contributed by atoms with van der Waals surface area (Å²) < 4.78 is 0. The van der Waals surface area contributed by atoms with Crippen LogP contribution < -0.4 is 10.6 Å². The van der Waals surface area contributed by atoms with Crippen molar-refractivity contribution in [2.24, 2.45) is 11.8 Å². The first kappa shape index (κ1) is 18.0. The van der Waals surface area contributed by atoms with Gasteiger partial charge in [-0.05, 0) is 70.0 Å². The fraction of sp³-hybridized carbons (Fsp3) is 0.650. The van der Waals surface area contributed by atoms with Crippen molar-refractivity contribution < 1.29 is 4.79 Å². The van der Waals surface area contributed by atoms with Crippen LogP contribution in [0.5, 0.6) is 0 Å². The lowest BCUT2D eigenvalue weighted by Crippen LogP contribution is -2.45. The van der Waals surface area contributed by atoms with Crippen LogP contribution in [0.4, 0.5) is 0 Å². The zero-order valence-corrected chi connectivity index (χ0v) is 14.9. The minimum Gasteiger partial charge on any atom is -0.351 e. The van der Waals surface area contributed by atoms with Crippen LogP contribution in [0, 0.1) is 11.8 Å². The van der Waals surface area contributed by atoms with Gasteiger partial charge in [-0.3, -0.25) is 4.79 Å². The molecule has 1 aromatic rings. The average Bonchev–Trinajstić information content (AvgIpc) is 2.54. The van der Waals surface area contributed by atoms with Crippen molar-refractivity contribution >= 4 is 5.91 Å². The van der Waals surface area contributed by atoms with E-state index in [0.717, 1.165) is 25.9 Å². The molecule has 3 nitrogen and oxygen atoms in total. The van der Waals surface area contributed by atoms with E-state index in [1.165, 1.54) is 18.4 Å². The van der Waals surface area contributed by atoms with Crippen molar-refractivity contribution in [2.45, 2.75) is 58.4 Å². The lowest BCUT2D eigenvalue weighted by atomic mass is 9.85. The number of nitrogens with one attached hydrogen (secondary N) is 2. The summed E-state index contributed by atoms with van der Waals surface area (Å²) in [5.41, 5.74) is 1.17. The highest BCUT2D eigenvalue weighted by atomic mass is 16.1. The molecule has 0 aliphatic carbocycles. The lowest BCUT2D eigenvalue weighted by molar-refractivity contribution is -0.124. The molecule has 1 aromatic carbocycles. The molecule has 2 unspecified atom stereocenters. The van der Waals surface area contributed by atoms with E-state index in [1.54, 1.807) is 0 Å². The predicted molar refractivity (Wildman–Crippen MR) is 96.4 cm³/mol. The molecule has 1 heterocycles. The quantitative estimate of drug-likeness (QED) is 0.808. The van der Waals surface area contributed by atoms with Gasteiger partial charge in [-0.25, -0.2) is 0 Å². The molecule has 0 radical (unpaired) electrons. The Hall–Kier alpha value is -1.35. The summed E-state index contributed by atoms with van der Waals surface area (Å²) in [6.07, 6.45) is 5.08. The van der Waals surface area contributed by atoms with Gasteiger partial charge in [0.1, 0.15) is 0 Å². The molecule has 1 aliphatic rings. The Morgan fingerprint density at radius 1 is 1.35 bits per heavy atom. The molecule has 2 rings (SSSR count). The van der Waals surface area contributed by atoms with Crippen LogP contribution in [0.1, 0.15) is 52.0 Å². The first-order valence-corrected chi connectivity index (χ1v) is 9.02. The van der Waals surface area contributed by atoms with Gasteiger partial charge in [-0.2, -0.15) is 0 Å². The van der Waals surface area contributed by atoms with E-state index >= 15 is 0 Å². The number of benzene rings is 1. The van der Waals surface area contributed by atoms with Gasteiger partial charge < -0.3 is 10.6 Å². The van der Waals surface area contributed by atoms with Gasteiger partial charge in [0, 0.05) is 12.0 Å². The number of carbonyl (C=O) groups excluding carboxylic acids is 1. The number of amides is 1. The summed E-state index contributed by atoms with van der Waals surface area (Å²) in [4.78, 5) is 12.4. The smallest absolute Gasteiger partial charge is 0.220 e. The summed E-state index contributed by atoms with van der Waals surface area (Å²) in [6, 6.07) is 10.5. The van der Waals surface area contributed by atoms with E-state index in [1.807, 2.05) is 6.07 Å². The van der Waals surface area contributed by atoms with Crippen molar-refractivity contribution in [1.82, 2.24) is 10.6 Å². The Morgan fingerprint density at radius 2 is 2.09 bits per heavy atom. The second-order valence-corrected chi connectivity index (χ2v) is 7.71.